The minimum Gasteiger partial charge on any atom is -0.315 e. The molecule has 1 aromatic rings. The summed E-state index contributed by atoms with van der Waals surface area (Å²) in [5, 5.41) is 2.96. The third kappa shape index (κ3) is 2.02. The average molecular weight is 230 g/mol. The Morgan fingerprint density at radius 1 is 1.12 bits per heavy atom. The lowest BCUT2D eigenvalue weighted by Gasteiger charge is -2.22. The summed E-state index contributed by atoms with van der Waals surface area (Å²) in [6, 6.07) is 9.75. The lowest BCUT2D eigenvalue weighted by Crippen LogP contribution is -2.29. The van der Waals surface area contributed by atoms with Crippen LogP contribution in [0.1, 0.15) is 32.1 Å². The van der Waals surface area contributed by atoms with Crippen LogP contribution in [-0.4, -0.2) is 23.0 Å². The minimum atomic E-state index is 0.0677. The van der Waals surface area contributed by atoms with Gasteiger partial charge in [-0.3, -0.25) is 0 Å². The fraction of sp³-hybridized carbons (Fsp3) is 0.500. The summed E-state index contributed by atoms with van der Waals surface area (Å²) in [6.07, 6.45) is 6.25. The molecule has 3 heteroatoms. The Morgan fingerprint density at radius 3 is 2.53 bits per heavy atom. The molecule has 1 spiro atoms. The first kappa shape index (κ1) is 10.6. The van der Waals surface area contributed by atoms with Crippen molar-refractivity contribution < 1.29 is 4.79 Å². The molecule has 0 atom stereocenters. The number of carbonyl (C=O) groups excluding carboxylic acids is 1. The van der Waals surface area contributed by atoms with E-state index in [4.69, 9.17) is 0 Å². The van der Waals surface area contributed by atoms with Crippen molar-refractivity contribution >= 4 is 11.7 Å². The second-order valence-electron chi connectivity index (χ2n) is 5.17. The number of hydrogen-bond acceptors (Lipinski definition) is 1. The fourth-order valence-electron chi connectivity index (χ4n) is 2.90. The zero-order chi connectivity index (χ0) is 11.7. The maximum atomic E-state index is 12.1. The highest BCUT2D eigenvalue weighted by Crippen LogP contribution is 2.45. The van der Waals surface area contributed by atoms with Gasteiger partial charge in [0.05, 0.1) is 5.54 Å². The van der Waals surface area contributed by atoms with Gasteiger partial charge in [-0.1, -0.05) is 37.5 Å². The van der Waals surface area contributed by atoms with Gasteiger partial charge in [-0.25, -0.2) is 4.79 Å². The van der Waals surface area contributed by atoms with Crippen LogP contribution in [0, 0.1) is 0 Å². The molecule has 1 N–H and O–H groups in total. The number of amides is 2. The summed E-state index contributed by atoms with van der Waals surface area (Å²) < 4.78 is 0. The number of urea groups is 1. The number of hydrogen-bond donors (Lipinski definition) is 1. The van der Waals surface area contributed by atoms with Crippen molar-refractivity contribution in [3.63, 3.8) is 0 Å². The number of rotatable bonds is 1. The molecule has 3 nitrogen and oxygen atoms in total. The molecule has 0 unspecified atom stereocenters. The van der Waals surface area contributed by atoms with Crippen LogP contribution in [-0.2, 0) is 0 Å². The molecule has 90 valence electrons. The summed E-state index contributed by atoms with van der Waals surface area (Å²) in [6.45, 7) is 0.950. The van der Waals surface area contributed by atoms with Crippen LogP contribution in [0.5, 0.6) is 0 Å². The number of para-hydroxylation sites is 1. The number of carbonyl (C=O) groups is 1. The second-order valence-corrected chi connectivity index (χ2v) is 5.17. The molecule has 1 saturated carbocycles. The largest absolute Gasteiger partial charge is 0.322 e. The van der Waals surface area contributed by atoms with Gasteiger partial charge in [-0.2, -0.15) is 0 Å². The summed E-state index contributed by atoms with van der Waals surface area (Å²) in [5.41, 5.74) is 1.10. The van der Waals surface area contributed by atoms with Crippen LogP contribution >= 0.6 is 0 Å². The molecule has 2 aliphatic rings. The lowest BCUT2D eigenvalue weighted by molar-refractivity contribution is 0.228. The molecule has 3 rings (SSSR count). The zero-order valence-electron chi connectivity index (χ0n) is 9.98. The molecular formula is C14H18N2O. The van der Waals surface area contributed by atoms with Crippen molar-refractivity contribution in [1.82, 2.24) is 4.90 Å². The van der Waals surface area contributed by atoms with Crippen molar-refractivity contribution in [2.75, 3.05) is 11.9 Å². The van der Waals surface area contributed by atoms with Crippen molar-refractivity contribution in [1.29, 1.82) is 0 Å². The van der Waals surface area contributed by atoms with Gasteiger partial charge >= 0.3 is 6.03 Å². The third-order valence-electron chi connectivity index (χ3n) is 3.98. The zero-order valence-corrected chi connectivity index (χ0v) is 9.98. The van der Waals surface area contributed by atoms with Crippen LogP contribution in [0.15, 0.2) is 30.3 Å². The van der Waals surface area contributed by atoms with Gasteiger partial charge < -0.3 is 10.2 Å². The lowest BCUT2D eigenvalue weighted by atomic mass is 9.89. The Hall–Kier alpha value is -1.51. The molecule has 17 heavy (non-hydrogen) atoms. The Morgan fingerprint density at radius 2 is 1.82 bits per heavy atom. The van der Waals surface area contributed by atoms with E-state index in [9.17, 15) is 4.79 Å². The van der Waals surface area contributed by atoms with Crippen LogP contribution in [0.2, 0.25) is 0 Å². The Bertz CT molecular complexity index is 409. The molecule has 1 aliphatic heterocycles. The Kier molecular flexibility index (Phi) is 2.54. The summed E-state index contributed by atoms with van der Waals surface area (Å²) in [7, 11) is 0. The summed E-state index contributed by atoms with van der Waals surface area (Å²) in [5.74, 6) is 0. The molecule has 2 fully saturated rings. The number of nitrogens with one attached hydrogen (secondary N) is 1. The van der Waals surface area contributed by atoms with Gasteiger partial charge in [0.25, 0.3) is 0 Å². The Balaban J connectivity index is 1.61. The first-order chi connectivity index (χ1) is 8.30. The van der Waals surface area contributed by atoms with Gasteiger partial charge in [0.15, 0.2) is 0 Å². The van der Waals surface area contributed by atoms with Crippen LogP contribution < -0.4 is 5.32 Å². The number of benzene rings is 1. The molecular weight excluding hydrogens is 212 g/mol. The third-order valence-corrected chi connectivity index (χ3v) is 3.98. The highest BCUT2D eigenvalue weighted by Gasteiger charge is 2.54. The molecule has 1 heterocycles. The monoisotopic (exact) mass is 230 g/mol. The standard InChI is InChI=1S/C14H18N2O/c17-13(15-12-7-3-1-4-8-12)16-11-14(16)9-5-2-6-10-14/h1,3-4,7-8H,2,5-6,9-11H2,(H,15,17). The quantitative estimate of drug-likeness (QED) is 0.738. The Labute approximate surface area is 102 Å². The predicted octanol–water partition coefficient (Wildman–Crippen LogP) is 3.24. The van der Waals surface area contributed by atoms with Crippen LogP contribution in [0.3, 0.4) is 0 Å². The molecule has 1 aliphatic carbocycles. The fourth-order valence-corrected chi connectivity index (χ4v) is 2.90. The predicted molar refractivity (Wildman–Crippen MR) is 68.0 cm³/mol. The normalized spacial score (nSPS) is 21.3. The van der Waals surface area contributed by atoms with Gasteiger partial charge in [0, 0.05) is 12.2 Å². The second kappa shape index (κ2) is 4.06. The minimum absolute atomic E-state index is 0.0677. The van der Waals surface area contributed by atoms with Gasteiger partial charge in [-0.15, -0.1) is 0 Å². The molecule has 1 aromatic carbocycles. The van der Waals surface area contributed by atoms with E-state index in [1.54, 1.807) is 0 Å². The van der Waals surface area contributed by atoms with E-state index < -0.39 is 0 Å². The van der Waals surface area contributed by atoms with Crippen LogP contribution in [0.4, 0.5) is 10.5 Å². The maximum absolute atomic E-state index is 12.1. The van der Waals surface area contributed by atoms with E-state index in [-0.39, 0.29) is 11.6 Å². The van der Waals surface area contributed by atoms with E-state index in [1.165, 1.54) is 32.1 Å². The van der Waals surface area contributed by atoms with Crippen molar-refractivity contribution in [3.05, 3.63) is 30.3 Å². The molecule has 0 aromatic heterocycles. The van der Waals surface area contributed by atoms with Crippen molar-refractivity contribution in [2.24, 2.45) is 0 Å². The topological polar surface area (TPSA) is 32.1 Å². The summed E-state index contributed by atoms with van der Waals surface area (Å²) >= 11 is 0. The van der Waals surface area contributed by atoms with Gasteiger partial charge in [-0.05, 0) is 25.0 Å². The smallest absolute Gasteiger partial charge is 0.315 e. The summed E-state index contributed by atoms with van der Waals surface area (Å²) in [4.78, 5) is 14.1. The molecule has 0 bridgehead atoms. The highest BCUT2D eigenvalue weighted by atomic mass is 16.2. The van der Waals surface area contributed by atoms with Gasteiger partial charge in [0.1, 0.15) is 0 Å². The highest BCUT2D eigenvalue weighted by molar-refractivity contribution is 5.91. The van der Waals surface area contributed by atoms with Crippen LogP contribution in [0.25, 0.3) is 0 Å². The van der Waals surface area contributed by atoms with E-state index in [2.05, 4.69) is 5.32 Å². The van der Waals surface area contributed by atoms with E-state index in [0.717, 1.165) is 12.2 Å². The van der Waals surface area contributed by atoms with Gasteiger partial charge in [0.2, 0.25) is 0 Å². The van der Waals surface area contributed by atoms with Crippen molar-refractivity contribution in [2.45, 2.75) is 37.6 Å². The molecule has 1 saturated heterocycles. The number of anilines is 1. The molecule has 2 amide bonds. The maximum Gasteiger partial charge on any atom is 0.322 e. The first-order valence-electron chi connectivity index (χ1n) is 6.44. The SMILES string of the molecule is O=C(Nc1ccccc1)N1CC12CCCCC2. The van der Waals surface area contributed by atoms with E-state index in [0.29, 0.717) is 0 Å². The van der Waals surface area contributed by atoms with E-state index >= 15 is 0 Å². The number of nitrogens with zero attached hydrogens (tertiary/aromatic N) is 1. The first-order valence-corrected chi connectivity index (χ1v) is 6.44. The van der Waals surface area contributed by atoms with E-state index in [1.807, 2.05) is 35.2 Å². The molecule has 0 radical (unpaired) electrons. The average Bonchev–Trinajstić information content (AvgIpc) is 3.05. The van der Waals surface area contributed by atoms with Crippen molar-refractivity contribution in [3.8, 4) is 0 Å².